The minimum atomic E-state index is -0.709. The Hall–Kier alpha value is -2.14. The Morgan fingerprint density at radius 3 is 2.73 bits per heavy atom. The number of ether oxygens (including phenoxy) is 1. The molecule has 2 aliphatic heterocycles. The van der Waals surface area contributed by atoms with E-state index >= 15 is 0 Å². The second kappa shape index (κ2) is 5.57. The SMILES string of the molecule is COC1=CC=C(c2ccc3c(c2)NCN3CC(C)(C)O)CN1. The molecule has 2 aliphatic rings. The van der Waals surface area contributed by atoms with Crippen molar-refractivity contribution in [1.82, 2.24) is 5.32 Å². The van der Waals surface area contributed by atoms with Crippen molar-refractivity contribution in [3.05, 3.63) is 41.8 Å². The number of hydrogen-bond acceptors (Lipinski definition) is 5. The average Bonchev–Trinajstić information content (AvgIpc) is 2.88. The van der Waals surface area contributed by atoms with Gasteiger partial charge in [-0.1, -0.05) is 12.1 Å². The molecule has 0 spiro atoms. The summed E-state index contributed by atoms with van der Waals surface area (Å²) >= 11 is 0. The normalized spacial score (nSPS) is 17.2. The summed E-state index contributed by atoms with van der Waals surface area (Å²) < 4.78 is 5.17. The zero-order chi connectivity index (χ0) is 15.7. The number of β-amino-alcohol motifs (C(OH)–C–C–N with tert-alkyl or cyclic N) is 1. The summed E-state index contributed by atoms with van der Waals surface area (Å²) in [6.07, 6.45) is 4.03. The Morgan fingerprint density at radius 1 is 1.27 bits per heavy atom. The molecule has 0 fully saturated rings. The van der Waals surface area contributed by atoms with Gasteiger partial charge in [-0.05, 0) is 43.2 Å². The Labute approximate surface area is 131 Å². The summed E-state index contributed by atoms with van der Waals surface area (Å²) in [7, 11) is 1.66. The van der Waals surface area contributed by atoms with Crippen LogP contribution in [0.1, 0.15) is 19.4 Å². The standard InChI is InChI=1S/C17H23N3O2/c1-17(2,21)10-20-11-19-14-8-12(4-6-15(14)20)13-5-7-16(22-3)18-9-13/h4-8,18-19,21H,9-11H2,1-3H3. The van der Waals surface area contributed by atoms with Gasteiger partial charge in [0.1, 0.15) is 0 Å². The first kappa shape index (κ1) is 14.8. The van der Waals surface area contributed by atoms with Crippen LogP contribution >= 0.6 is 0 Å². The fourth-order valence-electron chi connectivity index (χ4n) is 2.84. The van der Waals surface area contributed by atoms with Crippen LogP contribution in [0.25, 0.3) is 5.57 Å². The van der Waals surface area contributed by atoms with Crippen molar-refractivity contribution in [2.24, 2.45) is 0 Å². The molecule has 3 N–H and O–H groups in total. The van der Waals surface area contributed by atoms with Gasteiger partial charge < -0.3 is 25.4 Å². The van der Waals surface area contributed by atoms with Gasteiger partial charge in [0.25, 0.3) is 0 Å². The molecule has 118 valence electrons. The lowest BCUT2D eigenvalue weighted by Gasteiger charge is -2.26. The number of benzene rings is 1. The van der Waals surface area contributed by atoms with E-state index in [-0.39, 0.29) is 0 Å². The van der Waals surface area contributed by atoms with E-state index in [4.69, 9.17) is 4.74 Å². The number of anilines is 2. The van der Waals surface area contributed by atoms with Crippen LogP contribution < -0.4 is 15.5 Å². The van der Waals surface area contributed by atoms with Crippen LogP contribution in [0.2, 0.25) is 0 Å². The van der Waals surface area contributed by atoms with Crippen molar-refractivity contribution in [2.75, 3.05) is 37.1 Å². The molecule has 0 amide bonds. The van der Waals surface area contributed by atoms with Gasteiger partial charge in [-0.2, -0.15) is 0 Å². The quantitative estimate of drug-likeness (QED) is 0.795. The lowest BCUT2D eigenvalue weighted by molar-refractivity contribution is 0.0880. The largest absolute Gasteiger partial charge is 0.483 e. The summed E-state index contributed by atoms with van der Waals surface area (Å²) in [4.78, 5) is 2.16. The molecule has 0 saturated heterocycles. The van der Waals surface area contributed by atoms with Crippen molar-refractivity contribution in [1.29, 1.82) is 0 Å². The topological polar surface area (TPSA) is 56.8 Å². The Balaban J connectivity index is 1.82. The van der Waals surface area contributed by atoms with Gasteiger partial charge >= 0.3 is 0 Å². The number of nitrogens with one attached hydrogen (secondary N) is 2. The highest BCUT2D eigenvalue weighted by Gasteiger charge is 2.25. The van der Waals surface area contributed by atoms with Gasteiger partial charge in [0.15, 0.2) is 5.88 Å². The van der Waals surface area contributed by atoms with Gasteiger partial charge in [0.05, 0.1) is 30.8 Å². The second-order valence-electron chi connectivity index (χ2n) is 6.36. The molecule has 2 heterocycles. The molecule has 1 aromatic carbocycles. The first-order chi connectivity index (χ1) is 10.5. The van der Waals surface area contributed by atoms with Crippen LogP contribution in [-0.2, 0) is 4.74 Å². The second-order valence-corrected chi connectivity index (χ2v) is 6.36. The molecule has 1 aromatic rings. The number of allylic oxidation sites excluding steroid dienone is 2. The first-order valence-corrected chi connectivity index (χ1v) is 7.50. The molecule has 0 saturated carbocycles. The highest BCUT2D eigenvalue weighted by Crippen LogP contribution is 2.34. The Kier molecular flexibility index (Phi) is 3.74. The number of hydrogen-bond donors (Lipinski definition) is 3. The van der Waals surface area contributed by atoms with Gasteiger partial charge in [0, 0.05) is 13.1 Å². The monoisotopic (exact) mass is 301 g/mol. The zero-order valence-corrected chi connectivity index (χ0v) is 13.3. The van der Waals surface area contributed by atoms with Gasteiger partial charge in [-0.3, -0.25) is 0 Å². The molecule has 0 aromatic heterocycles. The number of nitrogens with zero attached hydrogens (tertiary/aromatic N) is 1. The predicted molar refractivity (Wildman–Crippen MR) is 89.6 cm³/mol. The highest BCUT2D eigenvalue weighted by molar-refractivity contribution is 5.81. The molecular weight excluding hydrogens is 278 g/mol. The summed E-state index contributed by atoms with van der Waals surface area (Å²) in [6.45, 7) is 5.76. The summed E-state index contributed by atoms with van der Waals surface area (Å²) in [5.41, 5.74) is 3.97. The molecule has 0 aliphatic carbocycles. The predicted octanol–water partition coefficient (Wildman–Crippen LogP) is 2.12. The lowest BCUT2D eigenvalue weighted by Crippen LogP contribution is -2.38. The van der Waals surface area contributed by atoms with Crippen molar-refractivity contribution in [3.63, 3.8) is 0 Å². The van der Waals surface area contributed by atoms with Gasteiger partial charge in [0.2, 0.25) is 0 Å². The minimum absolute atomic E-state index is 0.608. The van der Waals surface area contributed by atoms with Crippen LogP contribution in [0.15, 0.2) is 36.2 Å². The van der Waals surface area contributed by atoms with E-state index < -0.39 is 5.60 Å². The van der Waals surface area contributed by atoms with Crippen molar-refractivity contribution >= 4 is 16.9 Å². The molecule has 5 heteroatoms. The van der Waals surface area contributed by atoms with Crippen molar-refractivity contribution in [3.8, 4) is 0 Å². The first-order valence-electron chi connectivity index (χ1n) is 7.50. The van der Waals surface area contributed by atoms with E-state index in [0.717, 1.165) is 30.5 Å². The average molecular weight is 301 g/mol. The fraction of sp³-hybridized carbons (Fsp3) is 0.412. The maximum Gasteiger partial charge on any atom is 0.186 e. The van der Waals surface area contributed by atoms with Crippen LogP contribution in [-0.4, -0.2) is 37.6 Å². The van der Waals surface area contributed by atoms with Crippen LogP contribution in [0.4, 0.5) is 11.4 Å². The Morgan fingerprint density at radius 2 is 2.09 bits per heavy atom. The van der Waals surface area contributed by atoms with Gasteiger partial charge in [-0.25, -0.2) is 0 Å². The smallest absolute Gasteiger partial charge is 0.186 e. The number of fused-ring (bicyclic) bond motifs is 1. The van der Waals surface area contributed by atoms with Crippen LogP contribution in [0, 0.1) is 0 Å². The maximum absolute atomic E-state index is 10.0. The third-order valence-electron chi connectivity index (χ3n) is 3.86. The van der Waals surface area contributed by atoms with Crippen LogP contribution in [0.3, 0.4) is 0 Å². The summed E-state index contributed by atoms with van der Waals surface area (Å²) in [5.74, 6) is 0.791. The van der Waals surface area contributed by atoms with E-state index in [2.05, 4.69) is 39.8 Å². The molecular formula is C17H23N3O2. The molecule has 0 unspecified atom stereocenters. The summed E-state index contributed by atoms with van der Waals surface area (Å²) in [5, 5.41) is 16.6. The fourth-order valence-corrected chi connectivity index (χ4v) is 2.84. The van der Waals surface area contributed by atoms with E-state index in [1.165, 1.54) is 11.1 Å². The molecule has 5 nitrogen and oxygen atoms in total. The van der Waals surface area contributed by atoms with E-state index in [1.54, 1.807) is 7.11 Å². The van der Waals surface area contributed by atoms with Crippen molar-refractivity contribution in [2.45, 2.75) is 19.4 Å². The third kappa shape index (κ3) is 3.04. The highest BCUT2D eigenvalue weighted by atomic mass is 16.5. The molecule has 0 bridgehead atoms. The number of aliphatic hydroxyl groups is 1. The van der Waals surface area contributed by atoms with E-state index in [0.29, 0.717) is 6.54 Å². The lowest BCUT2D eigenvalue weighted by atomic mass is 10.0. The maximum atomic E-state index is 10.0. The zero-order valence-electron chi connectivity index (χ0n) is 13.3. The van der Waals surface area contributed by atoms with Crippen LogP contribution in [0.5, 0.6) is 0 Å². The molecule has 22 heavy (non-hydrogen) atoms. The van der Waals surface area contributed by atoms with Crippen molar-refractivity contribution < 1.29 is 9.84 Å². The molecule has 0 atom stereocenters. The molecule has 0 radical (unpaired) electrons. The molecule has 3 rings (SSSR count). The third-order valence-corrected chi connectivity index (χ3v) is 3.86. The number of rotatable bonds is 4. The summed E-state index contributed by atoms with van der Waals surface area (Å²) in [6, 6.07) is 6.41. The number of methoxy groups -OCH3 is 1. The Bertz CT molecular complexity index is 629. The number of dihydropyridines is 1. The van der Waals surface area contributed by atoms with E-state index in [9.17, 15) is 5.11 Å². The van der Waals surface area contributed by atoms with E-state index in [1.807, 2.05) is 19.9 Å². The minimum Gasteiger partial charge on any atom is -0.483 e. The van der Waals surface area contributed by atoms with Gasteiger partial charge in [-0.15, -0.1) is 0 Å².